The van der Waals surface area contributed by atoms with Crippen LogP contribution in [0.1, 0.15) is 17.2 Å². The average Bonchev–Trinajstić information content (AvgIpc) is 2.79. The van der Waals surface area contributed by atoms with Crippen LogP contribution in [0.2, 0.25) is 0 Å². The van der Waals surface area contributed by atoms with E-state index in [1.165, 1.54) is 0 Å². The highest BCUT2D eigenvalue weighted by Crippen LogP contribution is 2.41. The van der Waals surface area contributed by atoms with Crippen molar-refractivity contribution in [2.75, 3.05) is 20.1 Å². The molecule has 1 fully saturated rings. The minimum absolute atomic E-state index is 0.0891. The predicted molar refractivity (Wildman–Crippen MR) is 56.2 cm³/mol. The zero-order valence-corrected chi connectivity index (χ0v) is 9.06. The van der Waals surface area contributed by atoms with E-state index >= 15 is 0 Å². The first-order chi connectivity index (χ1) is 7.63. The number of hydrogen-bond acceptors (Lipinski definition) is 4. The first-order valence-corrected chi connectivity index (χ1v) is 5.37. The number of furan rings is 1. The Labute approximate surface area is 93.0 Å². The molecule has 5 nitrogen and oxygen atoms in total. The number of carboxylic acids is 1. The van der Waals surface area contributed by atoms with E-state index in [0.29, 0.717) is 13.1 Å². The number of nitrogens with one attached hydrogen (secondary N) is 1. The Morgan fingerprint density at radius 2 is 2.56 bits per heavy atom. The first-order valence-electron chi connectivity index (χ1n) is 5.37. The summed E-state index contributed by atoms with van der Waals surface area (Å²) >= 11 is 0. The molecule has 2 aliphatic rings. The highest BCUT2D eigenvalue weighted by molar-refractivity contribution is 5.82. The molecular weight excluding hydrogens is 208 g/mol. The van der Waals surface area contributed by atoms with Crippen molar-refractivity contribution < 1.29 is 14.3 Å². The molecule has 0 saturated carbocycles. The van der Waals surface area contributed by atoms with Gasteiger partial charge in [0.25, 0.3) is 0 Å². The molecule has 2 N–H and O–H groups in total. The van der Waals surface area contributed by atoms with Crippen molar-refractivity contribution in [2.45, 2.75) is 18.0 Å². The molecule has 86 valence electrons. The van der Waals surface area contributed by atoms with Crippen LogP contribution in [0.25, 0.3) is 0 Å². The fourth-order valence-electron chi connectivity index (χ4n) is 2.90. The van der Waals surface area contributed by atoms with E-state index in [0.717, 1.165) is 17.9 Å². The highest BCUT2D eigenvalue weighted by atomic mass is 16.4. The van der Waals surface area contributed by atoms with Crippen LogP contribution < -0.4 is 5.32 Å². The molecule has 0 amide bonds. The molecule has 2 aliphatic heterocycles. The van der Waals surface area contributed by atoms with Gasteiger partial charge in [0.2, 0.25) is 0 Å². The summed E-state index contributed by atoms with van der Waals surface area (Å²) in [7, 11) is 1.94. The van der Waals surface area contributed by atoms with Crippen LogP contribution >= 0.6 is 0 Å². The zero-order chi connectivity index (χ0) is 11.3. The molecule has 5 heteroatoms. The fourth-order valence-corrected chi connectivity index (χ4v) is 2.90. The summed E-state index contributed by atoms with van der Waals surface area (Å²) < 4.78 is 5.46. The smallest absolute Gasteiger partial charge is 0.326 e. The second-order valence-corrected chi connectivity index (χ2v) is 4.69. The van der Waals surface area contributed by atoms with Crippen LogP contribution in [0.4, 0.5) is 0 Å². The number of fused-ring (bicyclic) bond motifs is 3. The molecule has 3 rings (SSSR count). The molecule has 0 aromatic carbocycles. The van der Waals surface area contributed by atoms with Gasteiger partial charge in [0.1, 0.15) is 11.3 Å². The van der Waals surface area contributed by atoms with E-state index in [1.807, 2.05) is 18.0 Å². The van der Waals surface area contributed by atoms with Gasteiger partial charge in [-0.2, -0.15) is 0 Å². The average molecular weight is 222 g/mol. The Kier molecular flexibility index (Phi) is 1.90. The van der Waals surface area contributed by atoms with Crippen molar-refractivity contribution >= 4 is 5.97 Å². The van der Waals surface area contributed by atoms with Crippen molar-refractivity contribution in [1.29, 1.82) is 0 Å². The van der Waals surface area contributed by atoms with Crippen molar-refractivity contribution in [1.82, 2.24) is 10.2 Å². The summed E-state index contributed by atoms with van der Waals surface area (Å²) in [6.07, 6.45) is 1.64. The SMILES string of the molecule is CN1C[C@H]2c3occc3CN[C@]2(C(=O)O)C1. The second-order valence-electron chi connectivity index (χ2n) is 4.69. The van der Waals surface area contributed by atoms with E-state index in [-0.39, 0.29) is 5.92 Å². The lowest BCUT2D eigenvalue weighted by Crippen LogP contribution is -2.58. The standard InChI is InChI=1S/C11H14N2O3/c1-13-5-8-9-7(2-3-16-9)4-12-11(8,6-13)10(14)15/h2-3,8,12H,4-6H2,1H3,(H,14,15)/t8-,11+/m0/s1. The Morgan fingerprint density at radius 1 is 1.75 bits per heavy atom. The van der Waals surface area contributed by atoms with E-state index in [1.54, 1.807) is 6.26 Å². The third-order valence-electron chi connectivity index (χ3n) is 3.68. The summed E-state index contributed by atoms with van der Waals surface area (Å²) in [6.45, 7) is 1.81. The van der Waals surface area contributed by atoms with Gasteiger partial charge in [-0.05, 0) is 13.1 Å². The minimum atomic E-state index is -0.875. The van der Waals surface area contributed by atoms with Crippen molar-refractivity contribution in [3.8, 4) is 0 Å². The Hall–Kier alpha value is -1.33. The Morgan fingerprint density at radius 3 is 3.31 bits per heavy atom. The quantitative estimate of drug-likeness (QED) is 0.712. The van der Waals surface area contributed by atoms with Crippen LogP contribution in [0, 0.1) is 0 Å². The number of rotatable bonds is 1. The lowest BCUT2D eigenvalue weighted by Gasteiger charge is -2.34. The topological polar surface area (TPSA) is 65.7 Å². The van der Waals surface area contributed by atoms with Gasteiger partial charge in [0.05, 0.1) is 12.2 Å². The third kappa shape index (κ3) is 1.10. The number of likely N-dealkylation sites (tertiary alicyclic amines) is 1. The van der Waals surface area contributed by atoms with Gasteiger partial charge in [-0.15, -0.1) is 0 Å². The van der Waals surface area contributed by atoms with Gasteiger partial charge < -0.3 is 14.4 Å². The van der Waals surface area contributed by atoms with Crippen LogP contribution in [-0.2, 0) is 11.3 Å². The van der Waals surface area contributed by atoms with Gasteiger partial charge in [-0.3, -0.25) is 10.1 Å². The molecule has 2 atom stereocenters. The van der Waals surface area contributed by atoms with E-state index in [2.05, 4.69) is 5.32 Å². The highest BCUT2D eigenvalue weighted by Gasteiger charge is 2.55. The number of carboxylic acid groups (broad SMARTS) is 1. The maximum Gasteiger partial charge on any atom is 0.326 e. The molecule has 0 unspecified atom stereocenters. The molecule has 0 spiro atoms. The molecule has 0 radical (unpaired) electrons. The number of hydrogen-bond donors (Lipinski definition) is 2. The number of carbonyl (C=O) groups is 1. The van der Waals surface area contributed by atoms with Gasteiger partial charge >= 0.3 is 5.97 Å². The van der Waals surface area contributed by atoms with Gasteiger partial charge in [0, 0.05) is 25.2 Å². The fraction of sp³-hybridized carbons (Fsp3) is 0.545. The molecule has 1 saturated heterocycles. The summed E-state index contributed by atoms with van der Waals surface area (Å²) in [6, 6.07) is 1.91. The molecule has 0 aliphatic carbocycles. The van der Waals surface area contributed by atoms with Crippen molar-refractivity contribution in [2.24, 2.45) is 0 Å². The molecule has 3 heterocycles. The summed E-state index contributed by atoms with van der Waals surface area (Å²) in [4.78, 5) is 13.5. The summed E-state index contributed by atoms with van der Waals surface area (Å²) in [5.41, 5.74) is 0.205. The van der Waals surface area contributed by atoms with E-state index in [4.69, 9.17) is 4.42 Å². The van der Waals surface area contributed by atoms with Crippen LogP contribution in [0.5, 0.6) is 0 Å². The minimum Gasteiger partial charge on any atom is -0.480 e. The summed E-state index contributed by atoms with van der Waals surface area (Å²) in [5.74, 6) is -0.0387. The number of aliphatic carboxylic acids is 1. The van der Waals surface area contributed by atoms with E-state index < -0.39 is 11.5 Å². The number of likely N-dealkylation sites (N-methyl/N-ethyl adjacent to an activating group) is 1. The largest absolute Gasteiger partial charge is 0.480 e. The normalized spacial score (nSPS) is 33.4. The van der Waals surface area contributed by atoms with Crippen LogP contribution in [0.15, 0.2) is 16.7 Å². The first kappa shape index (κ1) is 9.86. The van der Waals surface area contributed by atoms with E-state index in [9.17, 15) is 9.90 Å². The Balaban J connectivity index is 2.10. The van der Waals surface area contributed by atoms with Gasteiger partial charge in [-0.25, -0.2) is 0 Å². The van der Waals surface area contributed by atoms with Crippen LogP contribution in [0.3, 0.4) is 0 Å². The van der Waals surface area contributed by atoms with Crippen molar-refractivity contribution in [3.05, 3.63) is 23.7 Å². The monoisotopic (exact) mass is 222 g/mol. The Bertz CT molecular complexity index is 442. The zero-order valence-electron chi connectivity index (χ0n) is 9.06. The molecule has 0 bridgehead atoms. The molecule has 1 aromatic rings. The maximum atomic E-state index is 11.5. The molecule has 1 aromatic heterocycles. The predicted octanol–water partition coefficient (Wildman–Crippen LogP) is 0.235. The second kappa shape index (κ2) is 3.09. The number of nitrogens with zero attached hydrogens (tertiary/aromatic N) is 1. The lowest BCUT2D eigenvalue weighted by atomic mass is 9.81. The van der Waals surface area contributed by atoms with Gasteiger partial charge in [0.15, 0.2) is 0 Å². The maximum absolute atomic E-state index is 11.5. The third-order valence-corrected chi connectivity index (χ3v) is 3.68. The van der Waals surface area contributed by atoms with Crippen molar-refractivity contribution in [3.63, 3.8) is 0 Å². The summed E-state index contributed by atoms with van der Waals surface area (Å²) in [5, 5.41) is 12.6. The molecule has 16 heavy (non-hydrogen) atoms. The lowest BCUT2D eigenvalue weighted by molar-refractivity contribution is -0.145. The van der Waals surface area contributed by atoms with Crippen LogP contribution in [-0.4, -0.2) is 41.7 Å². The van der Waals surface area contributed by atoms with Gasteiger partial charge in [-0.1, -0.05) is 0 Å². The molecular formula is C11H14N2O3.